The molecule has 9 heteroatoms. The fourth-order valence-corrected chi connectivity index (χ4v) is 2.20. The number of benzene rings is 1. The van der Waals surface area contributed by atoms with Gasteiger partial charge in [0.05, 0.1) is 5.69 Å². The summed E-state index contributed by atoms with van der Waals surface area (Å²) in [6.45, 7) is 1.63. The second-order valence-corrected chi connectivity index (χ2v) is 4.95. The van der Waals surface area contributed by atoms with E-state index < -0.39 is 17.9 Å². The summed E-state index contributed by atoms with van der Waals surface area (Å²) >= 11 is 0. The first kappa shape index (κ1) is 14.7. The highest BCUT2D eigenvalue weighted by Gasteiger charge is 2.35. The molecule has 2 aromatic rings. The van der Waals surface area contributed by atoms with Gasteiger partial charge in [-0.1, -0.05) is 23.4 Å². The van der Waals surface area contributed by atoms with Crippen molar-refractivity contribution in [3.05, 3.63) is 36.2 Å². The van der Waals surface area contributed by atoms with Crippen molar-refractivity contribution in [3.63, 3.8) is 0 Å². The minimum absolute atomic E-state index is 0.0241. The molecule has 1 aromatic heterocycles. The minimum Gasteiger partial charge on any atom is -0.368 e. The Hall–Kier alpha value is -3.23. The van der Waals surface area contributed by atoms with Crippen molar-refractivity contribution >= 4 is 29.2 Å². The molecule has 0 aliphatic carbocycles. The number of primary amides is 1. The van der Waals surface area contributed by atoms with Crippen LogP contribution >= 0.6 is 0 Å². The number of hydrogen-bond donors (Lipinski definition) is 2. The first-order valence-electron chi connectivity index (χ1n) is 6.87. The van der Waals surface area contributed by atoms with E-state index in [2.05, 4.69) is 20.6 Å². The third kappa shape index (κ3) is 3.03. The van der Waals surface area contributed by atoms with Crippen molar-refractivity contribution < 1.29 is 14.1 Å². The van der Waals surface area contributed by atoms with Gasteiger partial charge in [0.2, 0.25) is 5.91 Å². The van der Waals surface area contributed by atoms with Gasteiger partial charge in [-0.05, 0) is 19.1 Å². The summed E-state index contributed by atoms with van der Waals surface area (Å²) in [5.74, 6) is -0.679. The predicted molar refractivity (Wildman–Crippen MR) is 81.6 cm³/mol. The molecule has 118 valence electrons. The van der Waals surface area contributed by atoms with Crippen LogP contribution in [0.15, 0.2) is 40.0 Å². The molecule has 0 spiro atoms. The normalized spacial score (nSPS) is 17.0. The van der Waals surface area contributed by atoms with E-state index in [1.807, 2.05) is 18.2 Å². The van der Waals surface area contributed by atoms with E-state index >= 15 is 0 Å². The van der Waals surface area contributed by atoms with Gasteiger partial charge in [0.25, 0.3) is 5.91 Å². The molecule has 23 heavy (non-hydrogen) atoms. The predicted octanol–water partition coefficient (Wildman–Crippen LogP) is 0.437. The van der Waals surface area contributed by atoms with Gasteiger partial charge in [0, 0.05) is 6.42 Å². The molecule has 0 unspecified atom stereocenters. The van der Waals surface area contributed by atoms with Gasteiger partial charge in [-0.2, -0.15) is 10.1 Å². The summed E-state index contributed by atoms with van der Waals surface area (Å²) in [5.41, 5.74) is 6.25. The van der Waals surface area contributed by atoms with Crippen LogP contribution in [0.3, 0.4) is 0 Å². The molecule has 0 bridgehead atoms. The third-order valence-corrected chi connectivity index (χ3v) is 3.27. The van der Waals surface area contributed by atoms with E-state index in [0.717, 1.165) is 0 Å². The van der Waals surface area contributed by atoms with E-state index in [4.69, 9.17) is 10.3 Å². The van der Waals surface area contributed by atoms with Gasteiger partial charge < -0.3 is 10.3 Å². The van der Waals surface area contributed by atoms with E-state index in [0.29, 0.717) is 11.5 Å². The number of carbonyl (C=O) groups excluding carboxylic acids is 2. The molecule has 1 aliphatic rings. The van der Waals surface area contributed by atoms with Crippen molar-refractivity contribution in [2.24, 2.45) is 10.8 Å². The van der Waals surface area contributed by atoms with Gasteiger partial charge in [0.15, 0.2) is 5.82 Å². The van der Waals surface area contributed by atoms with Gasteiger partial charge in [-0.3, -0.25) is 19.9 Å². The summed E-state index contributed by atoms with van der Waals surface area (Å²) in [7, 11) is 0. The minimum atomic E-state index is -0.720. The van der Waals surface area contributed by atoms with Crippen LogP contribution in [-0.4, -0.2) is 33.7 Å². The van der Waals surface area contributed by atoms with Crippen LogP contribution < -0.4 is 16.1 Å². The summed E-state index contributed by atoms with van der Waals surface area (Å²) in [5, 5.41) is 11.7. The summed E-state index contributed by atoms with van der Waals surface area (Å²) in [6, 6.07) is 8.27. The van der Waals surface area contributed by atoms with Crippen LogP contribution in [0.1, 0.15) is 12.2 Å². The maximum Gasteiger partial charge on any atom is 0.328 e. The molecular formula is C14H14N6O3. The first-order chi connectivity index (χ1) is 11.0. The number of nitrogens with two attached hydrogens (primary N) is 1. The van der Waals surface area contributed by atoms with Crippen molar-refractivity contribution in [2.45, 2.75) is 19.4 Å². The molecule has 0 saturated carbocycles. The Bertz CT molecular complexity index is 770. The lowest BCUT2D eigenvalue weighted by atomic mass is 10.1. The highest BCUT2D eigenvalue weighted by Crippen LogP contribution is 2.24. The van der Waals surface area contributed by atoms with E-state index in [1.54, 1.807) is 19.1 Å². The van der Waals surface area contributed by atoms with Crippen LogP contribution in [0, 0.1) is 6.92 Å². The quantitative estimate of drug-likeness (QED) is 0.843. The first-order valence-corrected chi connectivity index (χ1v) is 6.87. The Kier molecular flexibility index (Phi) is 3.75. The molecule has 1 aliphatic heterocycles. The molecule has 2 heterocycles. The number of nitrogens with zero attached hydrogens (tertiary/aromatic N) is 4. The summed E-state index contributed by atoms with van der Waals surface area (Å²) in [4.78, 5) is 27.8. The highest BCUT2D eigenvalue weighted by atomic mass is 16.5. The fraction of sp³-hybridized carbons (Fsp3) is 0.214. The van der Waals surface area contributed by atoms with Crippen LogP contribution in [-0.2, 0) is 9.59 Å². The molecule has 0 saturated heterocycles. The largest absolute Gasteiger partial charge is 0.368 e. The Balaban J connectivity index is 1.82. The molecule has 0 radical (unpaired) electrons. The lowest BCUT2D eigenvalue weighted by Gasteiger charge is -2.20. The molecule has 1 atom stereocenters. The SMILES string of the molecule is Cc1noc(NC(=O)C2=NN(c3ccccc3)[C@H](C(N)=O)C2)n1. The van der Waals surface area contributed by atoms with Crippen molar-refractivity contribution in [2.75, 3.05) is 10.3 Å². The van der Waals surface area contributed by atoms with Gasteiger partial charge in [0.1, 0.15) is 11.8 Å². The van der Waals surface area contributed by atoms with Crippen LogP contribution in [0.25, 0.3) is 0 Å². The number of anilines is 2. The number of carbonyl (C=O) groups is 2. The number of hydrogen-bond acceptors (Lipinski definition) is 7. The van der Waals surface area contributed by atoms with Gasteiger partial charge >= 0.3 is 6.01 Å². The monoisotopic (exact) mass is 314 g/mol. The summed E-state index contributed by atoms with van der Waals surface area (Å²) in [6.07, 6.45) is 0.100. The number of rotatable bonds is 4. The number of nitrogens with one attached hydrogen (secondary N) is 1. The van der Waals surface area contributed by atoms with Crippen molar-refractivity contribution in [3.8, 4) is 0 Å². The zero-order chi connectivity index (χ0) is 16.4. The number of hydrazone groups is 1. The van der Waals surface area contributed by atoms with E-state index in [9.17, 15) is 9.59 Å². The lowest BCUT2D eigenvalue weighted by molar-refractivity contribution is -0.119. The highest BCUT2D eigenvalue weighted by molar-refractivity contribution is 6.44. The Morgan fingerprint density at radius 3 is 2.70 bits per heavy atom. The second kappa shape index (κ2) is 5.87. The zero-order valence-electron chi connectivity index (χ0n) is 12.3. The number of amides is 2. The van der Waals surface area contributed by atoms with E-state index in [1.165, 1.54) is 5.01 Å². The van der Waals surface area contributed by atoms with Crippen molar-refractivity contribution in [1.29, 1.82) is 0 Å². The fourth-order valence-electron chi connectivity index (χ4n) is 2.20. The molecule has 3 rings (SSSR count). The molecule has 3 N–H and O–H groups in total. The molecule has 0 fully saturated rings. The summed E-state index contributed by atoms with van der Waals surface area (Å²) < 4.78 is 4.83. The van der Waals surface area contributed by atoms with E-state index in [-0.39, 0.29) is 18.1 Å². The second-order valence-electron chi connectivity index (χ2n) is 4.95. The van der Waals surface area contributed by atoms with Crippen LogP contribution in [0.5, 0.6) is 0 Å². The van der Waals surface area contributed by atoms with Gasteiger partial charge in [-0.25, -0.2) is 0 Å². The average Bonchev–Trinajstić information content (AvgIpc) is 3.15. The molecule has 1 aromatic carbocycles. The topological polar surface area (TPSA) is 127 Å². The molecular weight excluding hydrogens is 300 g/mol. The number of aryl methyl sites for hydroxylation is 1. The third-order valence-electron chi connectivity index (χ3n) is 3.27. The van der Waals surface area contributed by atoms with Crippen molar-refractivity contribution in [1.82, 2.24) is 10.1 Å². The number of aromatic nitrogens is 2. The standard InChI is InChI=1S/C14H14N6O3/c1-8-16-14(23-19-8)17-13(22)10-7-11(12(15)21)20(18-10)9-5-3-2-4-6-9/h2-6,11H,7H2,1H3,(H2,15,21)(H,16,17,19,22)/t11-/m0/s1. The Labute approximate surface area is 131 Å². The zero-order valence-corrected chi connectivity index (χ0v) is 12.3. The Morgan fingerprint density at radius 2 is 2.09 bits per heavy atom. The van der Waals surface area contributed by atoms with Gasteiger partial charge in [-0.15, -0.1) is 0 Å². The average molecular weight is 314 g/mol. The van der Waals surface area contributed by atoms with Crippen LogP contribution in [0.4, 0.5) is 11.7 Å². The lowest BCUT2D eigenvalue weighted by Crippen LogP contribution is -2.39. The molecule has 9 nitrogen and oxygen atoms in total. The maximum absolute atomic E-state index is 12.2. The smallest absolute Gasteiger partial charge is 0.328 e. The van der Waals surface area contributed by atoms with Crippen LogP contribution in [0.2, 0.25) is 0 Å². The number of para-hydroxylation sites is 1. The molecule has 2 amide bonds. The Morgan fingerprint density at radius 1 is 1.35 bits per heavy atom. The maximum atomic E-state index is 12.2.